The Hall–Kier alpha value is -1.35. The molecule has 4 rings (SSSR count). The lowest BCUT2D eigenvalue weighted by atomic mass is 9.63. The molecular weight excluding hydrogens is 236 g/mol. The number of nitrogens with zero attached hydrogens (tertiary/aromatic N) is 1. The Labute approximate surface area is 114 Å². The SMILES string of the molecule is O=C([C@@H]1Cc2ccccc2CN1)N1CC2(CCC2)C1. The fourth-order valence-corrected chi connectivity index (χ4v) is 3.76. The molecule has 1 N–H and O–H groups in total. The van der Waals surface area contributed by atoms with E-state index < -0.39 is 0 Å². The Morgan fingerprint density at radius 2 is 1.95 bits per heavy atom. The third kappa shape index (κ3) is 1.79. The van der Waals surface area contributed by atoms with Crippen molar-refractivity contribution in [2.24, 2.45) is 5.41 Å². The number of carbonyl (C=O) groups excluding carboxylic acids is 1. The van der Waals surface area contributed by atoms with Gasteiger partial charge in [0.05, 0.1) is 6.04 Å². The molecule has 3 heteroatoms. The highest BCUT2D eigenvalue weighted by Gasteiger charge is 2.49. The van der Waals surface area contributed by atoms with E-state index in [1.165, 1.54) is 30.4 Å². The van der Waals surface area contributed by atoms with E-state index in [2.05, 4.69) is 34.5 Å². The average molecular weight is 256 g/mol. The Balaban J connectivity index is 1.42. The lowest BCUT2D eigenvalue weighted by molar-refractivity contribution is -0.152. The van der Waals surface area contributed by atoms with Crippen LogP contribution in [0.15, 0.2) is 24.3 Å². The third-order valence-electron chi connectivity index (χ3n) is 5.16. The second kappa shape index (κ2) is 4.07. The highest BCUT2D eigenvalue weighted by Crippen LogP contribution is 2.48. The van der Waals surface area contributed by atoms with Gasteiger partial charge >= 0.3 is 0 Å². The first kappa shape index (κ1) is 11.5. The van der Waals surface area contributed by atoms with Crippen LogP contribution >= 0.6 is 0 Å². The molecular formula is C16H20N2O. The van der Waals surface area contributed by atoms with E-state index in [4.69, 9.17) is 0 Å². The molecule has 3 nitrogen and oxygen atoms in total. The number of benzene rings is 1. The Bertz CT molecular complexity index is 513. The Morgan fingerprint density at radius 1 is 1.21 bits per heavy atom. The van der Waals surface area contributed by atoms with E-state index in [0.717, 1.165) is 26.1 Å². The molecule has 1 atom stereocenters. The van der Waals surface area contributed by atoms with Gasteiger partial charge in [-0.1, -0.05) is 30.7 Å². The first-order valence-electron chi connectivity index (χ1n) is 7.35. The van der Waals surface area contributed by atoms with Gasteiger partial charge in [0.15, 0.2) is 0 Å². The van der Waals surface area contributed by atoms with Crippen LogP contribution < -0.4 is 5.32 Å². The van der Waals surface area contributed by atoms with Gasteiger partial charge < -0.3 is 10.2 Å². The molecule has 1 saturated carbocycles. The average Bonchev–Trinajstić information content (AvgIpc) is 2.34. The van der Waals surface area contributed by atoms with Gasteiger partial charge in [0.1, 0.15) is 0 Å². The summed E-state index contributed by atoms with van der Waals surface area (Å²) in [6, 6.07) is 8.43. The summed E-state index contributed by atoms with van der Waals surface area (Å²) >= 11 is 0. The summed E-state index contributed by atoms with van der Waals surface area (Å²) in [6.07, 6.45) is 4.87. The molecule has 1 aromatic carbocycles. The number of hydrogen-bond acceptors (Lipinski definition) is 2. The smallest absolute Gasteiger partial charge is 0.240 e. The van der Waals surface area contributed by atoms with E-state index in [9.17, 15) is 4.79 Å². The van der Waals surface area contributed by atoms with Crippen molar-refractivity contribution in [2.45, 2.75) is 38.3 Å². The molecule has 1 aliphatic carbocycles. The molecule has 2 heterocycles. The lowest BCUT2D eigenvalue weighted by Crippen LogP contribution is -2.64. The van der Waals surface area contributed by atoms with E-state index in [-0.39, 0.29) is 6.04 Å². The maximum Gasteiger partial charge on any atom is 0.240 e. The Kier molecular flexibility index (Phi) is 2.46. The van der Waals surface area contributed by atoms with E-state index in [1.807, 2.05) is 0 Å². The van der Waals surface area contributed by atoms with Gasteiger partial charge in [-0.15, -0.1) is 0 Å². The number of carbonyl (C=O) groups is 1. The Morgan fingerprint density at radius 3 is 2.63 bits per heavy atom. The van der Waals surface area contributed by atoms with Gasteiger partial charge in [0.2, 0.25) is 5.91 Å². The zero-order chi connectivity index (χ0) is 12.9. The molecule has 0 bridgehead atoms. The molecule has 0 radical (unpaired) electrons. The molecule has 1 amide bonds. The normalized spacial score (nSPS) is 27.4. The standard InChI is InChI=1S/C16H20N2O/c19-15(18-10-16(11-18)6-3-7-16)14-8-12-4-1-2-5-13(12)9-17-14/h1-2,4-5,14,17H,3,6-11H2/t14-/m0/s1. The predicted molar refractivity (Wildman–Crippen MR) is 73.6 cm³/mol. The summed E-state index contributed by atoms with van der Waals surface area (Å²) in [7, 11) is 0. The summed E-state index contributed by atoms with van der Waals surface area (Å²) in [4.78, 5) is 14.5. The minimum Gasteiger partial charge on any atom is -0.340 e. The zero-order valence-corrected chi connectivity index (χ0v) is 11.2. The quantitative estimate of drug-likeness (QED) is 0.829. The molecule has 2 fully saturated rings. The van der Waals surface area contributed by atoms with Crippen molar-refractivity contribution in [3.05, 3.63) is 35.4 Å². The fraction of sp³-hybridized carbons (Fsp3) is 0.562. The van der Waals surface area contributed by atoms with Crippen LogP contribution in [0.5, 0.6) is 0 Å². The van der Waals surface area contributed by atoms with Crippen LogP contribution in [0.4, 0.5) is 0 Å². The van der Waals surface area contributed by atoms with E-state index in [0.29, 0.717) is 11.3 Å². The third-order valence-corrected chi connectivity index (χ3v) is 5.16. The molecule has 2 aliphatic heterocycles. The molecule has 1 spiro atoms. The van der Waals surface area contributed by atoms with E-state index in [1.54, 1.807) is 0 Å². The van der Waals surface area contributed by atoms with Crippen LogP contribution in [0, 0.1) is 5.41 Å². The summed E-state index contributed by atoms with van der Waals surface area (Å²) in [5, 5.41) is 3.40. The fourth-order valence-electron chi connectivity index (χ4n) is 3.76. The summed E-state index contributed by atoms with van der Waals surface area (Å²) in [5.74, 6) is 0.312. The van der Waals surface area contributed by atoms with Gasteiger partial charge in [-0.05, 0) is 30.4 Å². The van der Waals surface area contributed by atoms with Gasteiger partial charge in [0, 0.05) is 25.0 Å². The van der Waals surface area contributed by atoms with Gasteiger partial charge in [-0.2, -0.15) is 0 Å². The van der Waals surface area contributed by atoms with Crippen LogP contribution in [0.25, 0.3) is 0 Å². The number of rotatable bonds is 1. The highest BCUT2D eigenvalue weighted by atomic mass is 16.2. The van der Waals surface area contributed by atoms with Crippen LogP contribution in [0.3, 0.4) is 0 Å². The summed E-state index contributed by atoms with van der Waals surface area (Å²) < 4.78 is 0. The van der Waals surface area contributed by atoms with Crippen LogP contribution in [-0.2, 0) is 17.8 Å². The zero-order valence-electron chi connectivity index (χ0n) is 11.2. The lowest BCUT2D eigenvalue weighted by Gasteiger charge is -2.56. The van der Waals surface area contributed by atoms with Crippen LogP contribution in [-0.4, -0.2) is 29.9 Å². The molecule has 3 aliphatic rings. The second-order valence-corrected chi connectivity index (χ2v) is 6.45. The van der Waals surface area contributed by atoms with Crippen molar-refractivity contribution in [3.63, 3.8) is 0 Å². The van der Waals surface area contributed by atoms with Crippen molar-refractivity contribution in [2.75, 3.05) is 13.1 Å². The molecule has 1 aromatic rings. The van der Waals surface area contributed by atoms with Gasteiger partial charge in [0.25, 0.3) is 0 Å². The summed E-state index contributed by atoms with van der Waals surface area (Å²) in [5.41, 5.74) is 3.20. The topological polar surface area (TPSA) is 32.3 Å². The monoisotopic (exact) mass is 256 g/mol. The highest BCUT2D eigenvalue weighted by molar-refractivity contribution is 5.83. The van der Waals surface area contributed by atoms with Crippen molar-refractivity contribution in [1.82, 2.24) is 10.2 Å². The number of amides is 1. The number of fused-ring (bicyclic) bond motifs is 1. The van der Waals surface area contributed by atoms with Crippen molar-refractivity contribution in [3.8, 4) is 0 Å². The van der Waals surface area contributed by atoms with E-state index >= 15 is 0 Å². The van der Waals surface area contributed by atoms with Crippen LogP contribution in [0.1, 0.15) is 30.4 Å². The first-order valence-corrected chi connectivity index (χ1v) is 7.35. The van der Waals surface area contributed by atoms with Gasteiger partial charge in [-0.3, -0.25) is 4.79 Å². The largest absolute Gasteiger partial charge is 0.340 e. The number of likely N-dealkylation sites (tertiary alicyclic amines) is 1. The molecule has 100 valence electrons. The minimum absolute atomic E-state index is 0.00711. The maximum absolute atomic E-state index is 12.5. The second-order valence-electron chi connectivity index (χ2n) is 6.45. The minimum atomic E-state index is -0.00711. The van der Waals surface area contributed by atoms with Crippen molar-refractivity contribution < 1.29 is 4.79 Å². The molecule has 1 saturated heterocycles. The summed E-state index contributed by atoms with van der Waals surface area (Å²) in [6.45, 7) is 2.84. The van der Waals surface area contributed by atoms with Crippen molar-refractivity contribution in [1.29, 1.82) is 0 Å². The molecule has 0 unspecified atom stereocenters. The van der Waals surface area contributed by atoms with Crippen LogP contribution in [0.2, 0.25) is 0 Å². The number of hydrogen-bond donors (Lipinski definition) is 1. The molecule has 19 heavy (non-hydrogen) atoms. The first-order chi connectivity index (χ1) is 9.26. The van der Waals surface area contributed by atoms with Crippen molar-refractivity contribution >= 4 is 5.91 Å². The molecule has 0 aromatic heterocycles. The maximum atomic E-state index is 12.5. The van der Waals surface area contributed by atoms with Gasteiger partial charge in [-0.25, -0.2) is 0 Å². The predicted octanol–water partition coefficient (Wildman–Crippen LogP) is 1.71. The number of nitrogens with one attached hydrogen (secondary N) is 1.